The Bertz CT molecular complexity index is 771. The zero-order chi connectivity index (χ0) is 19.2. The number of carbonyl (C=O) groups is 2. The number of hydrogen-bond acceptors (Lipinski definition) is 4. The Morgan fingerprint density at radius 3 is 2.26 bits per heavy atom. The van der Waals surface area contributed by atoms with E-state index in [0.29, 0.717) is 18.0 Å². The normalized spacial score (nSPS) is 18.5. The number of ether oxygens (including phenoxy) is 1. The Hall–Kier alpha value is -2.70. The zero-order valence-electron chi connectivity index (χ0n) is 15.4. The molecular formula is C21H25N3O3. The first-order valence-electron chi connectivity index (χ1n) is 9.18. The van der Waals surface area contributed by atoms with Gasteiger partial charge < -0.3 is 21.1 Å². The third-order valence-electron chi connectivity index (χ3n) is 4.78. The summed E-state index contributed by atoms with van der Waals surface area (Å²) in [7, 11) is 0. The number of hydrogen-bond donors (Lipinski definition) is 3. The lowest BCUT2D eigenvalue weighted by molar-refractivity contribution is -0.124. The quantitative estimate of drug-likeness (QED) is 0.731. The molecule has 1 saturated heterocycles. The van der Waals surface area contributed by atoms with Gasteiger partial charge in [0.25, 0.3) is 5.91 Å². The maximum Gasteiger partial charge on any atom is 0.253 e. The molecule has 0 radical (unpaired) electrons. The van der Waals surface area contributed by atoms with E-state index < -0.39 is 0 Å². The van der Waals surface area contributed by atoms with Gasteiger partial charge >= 0.3 is 0 Å². The summed E-state index contributed by atoms with van der Waals surface area (Å²) >= 11 is 0. The van der Waals surface area contributed by atoms with Gasteiger partial charge in [-0.1, -0.05) is 37.3 Å². The smallest absolute Gasteiger partial charge is 0.253 e. The maximum atomic E-state index is 12.5. The number of anilines is 2. The number of nitrogens with one attached hydrogen (secondary N) is 2. The third kappa shape index (κ3) is 4.93. The van der Waals surface area contributed by atoms with Gasteiger partial charge in [0.1, 0.15) is 6.10 Å². The molecule has 0 saturated carbocycles. The van der Waals surface area contributed by atoms with Crippen molar-refractivity contribution < 1.29 is 14.3 Å². The molecule has 3 unspecified atom stereocenters. The van der Waals surface area contributed by atoms with E-state index in [1.54, 1.807) is 24.3 Å². The summed E-state index contributed by atoms with van der Waals surface area (Å²) in [4.78, 5) is 24.5. The molecule has 3 rings (SSSR count). The number of amides is 2. The topological polar surface area (TPSA) is 93.5 Å². The van der Waals surface area contributed by atoms with Crippen LogP contribution in [0.15, 0.2) is 54.6 Å². The van der Waals surface area contributed by atoms with Gasteiger partial charge in [0, 0.05) is 24.0 Å². The van der Waals surface area contributed by atoms with Crippen molar-refractivity contribution in [2.24, 2.45) is 11.7 Å². The first-order chi connectivity index (χ1) is 13.0. The molecule has 1 fully saturated rings. The van der Waals surface area contributed by atoms with Crippen LogP contribution in [-0.4, -0.2) is 24.5 Å². The molecule has 0 bridgehead atoms. The maximum absolute atomic E-state index is 12.5. The fraction of sp³-hybridized carbons (Fsp3) is 0.333. The molecule has 2 aromatic carbocycles. The first kappa shape index (κ1) is 19.1. The molecule has 2 amide bonds. The lowest BCUT2D eigenvalue weighted by atomic mass is 9.94. The number of benzene rings is 2. The van der Waals surface area contributed by atoms with Gasteiger partial charge in [-0.25, -0.2) is 0 Å². The molecule has 1 heterocycles. The highest BCUT2D eigenvalue weighted by Crippen LogP contribution is 2.22. The standard InChI is InChI=1S/C21H25N3O3/c1-14(19(22)15-6-3-2-4-7-15)20(25)23-16-9-11-17(12-10-16)24-21(26)18-8-5-13-27-18/h2-4,6-7,9-12,14,18-19H,5,8,13,22H2,1H3,(H,23,25)(H,24,26). The molecule has 2 aromatic rings. The first-order valence-corrected chi connectivity index (χ1v) is 9.18. The molecule has 0 spiro atoms. The highest BCUT2D eigenvalue weighted by molar-refractivity contribution is 5.95. The molecule has 1 aliphatic rings. The number of carbonyl (C=O) groups excluding carboxylic acids is 2. The fourth-order valence-corrected chi connectivity index (χ4v) is 3.03. The minimum absolute atomic E-state index is 0.133. The van der Waals surface area contributed by atoms with Crippen LogP contribution in [0.3, 0.4) is 0 Å². The van der Waals surface area contributed by atoms with E-state index in [1.807, 2.05) is 37.3 Å². The van der Waals surface area contributed by atoms with E-state index in [-0.39, 0.29) is 29.9 Å². The Kier molecular flexibility index (Phi) is 6.21. The van der Waals surface area contributed by atoms with Crippen molar-refractivity contribution in [3.8, 4) is 0 Å². The molecule has 27 heavy (non-hydrogen) atoms. The predicted molar refractivity (Wildman–Crippen MR) is 105 cm³/mol. The average Bonchev–Trinajstić information content (AvgIpc) is 3.24. The summed E-state index contributed by atoms with van der Waals surface area (Å²) in [5.74, 6) is -0.666. The van der Waals surface area contributed by atoms with Crippen LogP contribution >= 0.6 is 0 Å². The fourth-order valence-electron chi connectivity index (χ4n) is 3.03. The minimum Gasteiger partial charge on any atom is -0.368 e. The second-order valence-corrected chi connectivity index (χ2v) is 6.78. The van der Waals surface area contributed by atoms with Crippen molar-refractivity contribution in [2.45, 2.75) is 31.9 Å². The van der Waals surface area contributed by atoms with E-state index in [1.165, 1.54) is 0 Å². The molecular weight excluding hydrogens is 342 g/mol. The largest absolute Gasteiger partial charge is 0.368 e. The SMILES string of the molecule is CC(C(=O)Nc1ccc(NC(=O)C2CCCO2)cc1)C(N)c1ccccc1. The molecule has 4 N–H and O–H groups in total. The Labute approximate surface area is 159 Å². The summed E-state index contributed by atoms with van der Waals surface area (Å²) in [5, 5.41) is 5.70. The van der Waals surface area contributed by atoms with E-state index in [4.69, 9.17) is 10.5 Å². The van der Waals surface area contributed by atoms with Crippen LogP contribution in [0.25, 0.3) is 0 Å². The molecule has 0 aliphatic carbocycles. The van der Waals surface area contributed by atoms with Crippen LogP contribution in [0, 0.1) is 5.92 Å². The van der Waals surface area contributed by atoms with Crippen molar-refractivity contribution >= 4 is 23.2 Å². The van der Waals surface area contributed by atoms with E-state index in [0.717, 1.165) is 18.4 Å². The number of nitrogens with two attached hydrogens (primary N) is 1. The predicted octanol–water partition coefficient (Wildman–Crippen LogP) is 3.08. The van der Waals surface area contributed by atoms with Crippen LogP contribution in [0.4, 0.5) is 11.4 Å². The van der Waals surface area contributed by atoms with Gasteiger partial charge in [-0.15, -0.1) is 0 Å². The minimum atomic E-state index is -0.383. The van der Waals surface area contributed by atoms with Crippen LogP contribution in [0.2, 0.25) is 0 Å². The Morgan fingerprint density at radius 1 is 1.04 bits per heavy atom. The van der Waals surface area contributed by atoms with Crippen LogP contribution in [0.5, 0.6) is 0 Å². The van der Waals surface area contributed by atoms with Crippen molar-refractivity contribution in [1.29, 1.82) is 0 Å². The van der Waals surface area contributed by atoms with Gasteiger partial charge in [-0.2, -0.15) is 0 Å². The zero-order valence-corrected chi connectivity index (χ0v) is 15.4. The lowest BCUT2D eigenvalue weighted by Crippen LogP contribution is -2.30. The van der Waals surface area contributed by atoms with E-state index >= 15 is 0 Å². The summed E-state index contributed by atoms with van der Waals surface area (Å²) in [6.07, 6.45) is 1.29. The van der Waals surface area contributed by atoms with Crippen molar-refractivity contribution in [1.82, 2.24) is 0 Å². The summed E-state index contributed by atoms with van der Waals surface area (Å²) in [6, 6.07) is 16.2. The summed E-state index contributed by atoms with van der Waals surface area (Å²) in [5.41, 5.74) is 8.46. The highest BCUT2D eigenvalue weighted by Gasteiger charge is 2.24. The van der Waals surface area contributed by atoms with Crippen molar-refractivity contribution in [2.75, 3.05) is 17.2 Å². The Morgan fingerprint density at radius 2 is 1.67 bits per heavy atom. The summed E-state index contributed by atoms with van der Waals surface area (Å²) in [6.45, 7) is 2.44. The van der Waals surface area contributed by atoms with Crippen LogP contribution < -0.4 is 16.4 Å². The van der Waals surface area contributed by atoms with Crippen LogP contribution in [0.1, 0.15) is 31.4 Å². The highest BCUT2D eigenvalue weighted by atomic mass is 16.5. The average molecular weight is 367 g/mol. The van der Waals surface area contributed by atoms with Crippen LogP contribution in [-0.2, 0) is 14.3 Å². The van der Waals surface area contributed by atoms with Gasteiger partial charge in [-0.05, 0) is 42.7 Å². The molecule has 6 heteroatoms. The van der Waals surface area contributed by atoms with Crippen molar-refractivity contribution in [3.63, 3.8) is 0 Å². The van der Waals surface area contributed by atoms with Gasteiger partial charge in [0.05, 0.1) is 5.92 Å². The van der Waals surface area contributed by atoms with E-state index in [9.17, 15) is 9.59 Å². The van der Waals surface area contributed by atoms with Gasteiger partial charge in [-0.3, -0.25) is 9.59 Å². The molecule has 0 aromatic heterocycles. The number of rotatable bonds is 6. The van der Waals surface area contributed by atoms with Gasteiger partial charge in [0.15, 0.2) is 0 Å². The Balaban J connectivity index is 1.55. The molecule has 1 aliphatic heterocycles. The second kappa shape index (κ2) is 8.79. The third-order valence-corrected chi connectivity index (χ3v) is 4.78. The molecule has 6 nitrogen and oxygen atoms in total. The molecule has 3 atom stereocenters. The molecule has 142 valence electrons. The van der Waals surface area contributed by atoms with Crippen molar-refractivity contribution in [3.05, 3.63) is 60.2 Å². The lowest BCUT2D eigenvalue weighted by Gasteiger charge is -2.20. The van der Waals surface area contributed by atoms with E-state index in [2.05, 4.69) is 10.6 Å². The second-order valence-electron chi connectivity index (χ2n) is 6.78. The monoisotopic (exact) mass is 367 g/mol. The van der Waals surface area contributed by atoms with Gasteiger partial charge in [0.2, 0.25) is 5.91 Å². The summed E-state index contributed by atoms with van der Waals surface area (Å²) < 4.78 is 5.37.